The minimum absolute atomic E-state index is 0. The molecule has 0 radical (unpaired) electrons. The largest absolute Gasteiger partial charge is 0.412 e. The van der Waals surface area contributed by atoms with Gasteiger partial charge < -0.3 is 10.4 Å². The van der Waals surface area contributed by atoms with E-state index in [0.717, 1.165) is 17.1 Å². The predicted octanol–water partition coefficient (Wildman–Crippen LogP) is 2.41. The van der Waals surface area contributed by atoms with Crippen LogP contribution in [0.1, 0.15) is 12.0 Å². The molecular weight excluding hydrogens is 298 g/mol. The summed E-state index contributed by atoms with van der Waals surface area (Å²) in [5.41, 5.74) is 1.74. The van der Waals surface area contributed by atoms with Crippen molar-refractivity contribution in [2.75, 3.05) is 6.54 Å². The van der Waals surface area contributed by atoms with Crippen LogP contribution in [0.2, 0.25) is 10.0 Å². The Hall–Kier alpha value is -0.810. The van der Waals surface area contributed by atoms with E-state index in [-0.39, 0.29) is 23.7 Å². The number of Topliss-reactive ketones (excluding diaryl/α,β-unsaturated/α-hetero) is 1. The van der Waals surface area contributed by atoms with Gasteiger partial charge in [0.15, 0.2) is 5.78 Å². The smallest absolute Gasteiger partial charge is 0.159 e. The minimum atomic E-state index is 0. The monoisotopic (exact) mass is 308 g/mol. The first-order chi connectivity index (χ1) is 7.65. The van der Waals surface area contributed by atoms with Gasteiger partial charge in [-0.1, -0.05) is 23.2 Å². The topological polar surface area (TPSA) is 64.2 Å². The second-order valence-corrected chi connectivity index (χ2v) is 4.74. The van der Waals surface area contributed by atoms with Gasteiger partial charge >= 0.3 is 0 Å². The van der Waals surface area contributed by atoms with Gasteiger partial charge in [0.25, 0.3) is 0 Å². The maximum absolute atomic E-state index is 11.3. The molecule has 0 unspecified atom stereocenters. The number of carbonyl (C=O) groups excluding carboxylic acids is 1. The number of halogens is 3. The Kier molecular flexibility index (Phi) is 4.61. The van der Waals surface area contributed by atoms with E-state index >= 15 is 0 Å². The minimum Gasteiger partial charge on any atom is -0.412 e. The number of carbonyl (C=O) groups is 1. The molecule has 1 fully saturated rings. The van der Waals surface area contributed by atoms with Crippen molar-refractivity contribution in [3.63, 3.8) is 0 Å². The van der Waals surface area contributed by atoms with Crippen LogP contribution in [0, 0.1) is 0 Å². The lowest BCUT2D eigenvalue weighted by Crippen LogP contribution is -2.27. The van der Waals surface area contributed by atoms with Crippen molar-refractivity contribution in [2.24, 2.45) is 4.99 Å². The van der Waals surface area contributed by atoms with Crippen LogP contribution in [0.5, 0.6) is 0 Å². The molecule has 0 aromatic heterocycles. The zero-order valence-corrected chi connectivity index (χ0v) is 11.6. The predicted molar refractivity (Wildman–Crippen MR) is 74.5 cm³/mol. The summed E-state index contributed by atoms with van der Waals surface area (Å²) in [7, 11) is 0. The number of benzene rings is 1. The van der Waals surface area contributed by atoms with Crippen molar-refractivity contribution in [1.29, 1.82) is 0 Å². The van der Waals surface area contributed by atoms with Gasteiger partial charge in [0.2, 0.25) is 0 Å². The highest BCUT2D eigenvalue weighted by atomic mass is 35.5. The number of hydrogen-bond donors (Lipinski definition) is 0. The number of hydrogen-bond acceptors (Lipinski definition) is 3. The highest BCUT2D eigenvalue weighted by Gasteiger charge is 2.30. The first-order valence-electron chi connectivity index (χ1n) is 4.96. The summed E-state index contributed by atoms with van der Waals surface area (Å²) in [5, 5.41) is 1.07. The lowest BCUT2D eigenvalue weighted by Gasteiger charge is -2.24. The van der Waals surface area contributed by atoms with Crippen LogP contribution in [0.25, 0.3) is 0 Å². The lowest BCUT2D eigenvalue weighted by atomic mass is 10.1. The third-order valence-corrected chi connectivity index (χ3v) is 3.70. The molecule has 1 aromatic rings. The van der Waals surface area contributed by atoms with Crippen molar-refractivity contribution < 1.29 is 10.3 Å². The molecule has 0 bridgehead atoms. The van der Waals surface area contributed by atoms with E-state index < -0.39 is 0 Å². The standard InChI is InChI=1S/C11H8Cl2N2O.ClH.H2O/c12-8-1-2-9-7(11(8)13)5-15-4-6(16)3-10(15)14-9;;/h1-2H,3-5H2;1H;1H2. The molecule has 98 valence electrons. The molecule has 0 spiro atoms. The van der Waals surface area contributed by atoms with Crippen molar-refractivity contribution in [3.8, 4) is 0 Å². The van der Waals surface area contributed by atoms with Gasteiger partial charge in [-0.2, -0.15) is 0 Å². The number of nitrogens with zero attached hydrogens (tertiary/aromatic N) is 2. The van der Waals surface area contributed by atoms with Crippen LogP contribution < -0.4 is 0 Å². The van der Waals surface area contributed by atoms with Gasteiger partial charge in [-0.3, -0.25) is 4.79 Å². The number of rotatable bonds is 0. The van der Waals surface area contributed by atoms with Gasteiger partial charge in [-0.15, -0.1) is 12.4 Å². The molecule has 2 aliphatic heterocycles. The van der Waals surface area contributed by atoms with E-state index in [1.807, 2.05) is 11.0 Å². The Morgan fingerprint density at radius 3 is 2.67 bits per heavy atom. The SMILES string of the molecule is Cl.O.O=C1CC2=Nc3ccc(Cl)c(Cl)c3CN2C1. The molecule has 0 aliphatic carbocycles. The summed E-state index contributed by atoms with van der Waals surface area (Å²) < 4.78 is 0. The van der Waals surface area contributed by atoms with Crippen molar-refractivity contribution >= 4 is 52.9 Å². The van der Waals surface area contributed by atoms with Crippen LogP contribution in [-0.4, -0.2) is 28.5 Å². The van der Waals surface area contributed by atoms with Crippen LogP contribution >= 0.6 is 35.6 Å². The summed E-state index contributed by atoms with van der Waals surface area (Å²) in [6, 6.07) is 3.58. The van der Waals surface area contributed by atoms with E-state index in [1.54, 1.807) is 6.07 Å². The van der Waals surface area contributed by atoms with E-state index in [1.165, 1.54) is 0 Å². The molecule has 7 heteroatoms. The normalized spacial score (nSPS) is 16.2. The Morgan fingerprint density at radius 2 is 1.94 bits per heavy atom. The van der Waals surface area contributed by atoms with Gasteiger partial charge in [0, 0.05) is 12.1 Å². The molecule has 3 rings (SSSR count). The Morgan fingerprint density at radius 1 is 1.22 bits per heavy atom. The fourth-order valence-electron chi connectivity index (χ4n) is 2.07. The van der Waals surface area contributed by atoms with Crippen LogP contribution in [-0.2, 0) is 11.3 Å². The summed E-state index contributed by atoms with van der Waals surface area (Å²) >= 11 is 12.1. The molecule has 2 N–H and O–H groups in total. The molecule has 4 nitrogen and oxygen atoms in total. The van der Waals surface area contributed by atoms with E-state index in [2.05, 4.69) is 4.99 Å². The van der Waals surface area contributed by atoms with Crippen molar-refractivity contribution in [2.45, 2.75) is 13.0 Å². The number of aliphatic imine (C=N–C) groups is 1. The molecule has 2 aliphatic rings. The first-order valence-corrected chi connectivity index (χ1v) is 5.72. The zero-order chi connectivity index (χ0) is 11.3. The highest BCUT2D eigenvalue weighted by molar-refractivity contribution is 6.42. The second kappa shape index (κ2) is 5.45. The average Bonchev–Trinajstić information content (AvgIpc) is 2.61. The van der Waals surface area contributed by atoms with Gasteiger partial charge in [0.05, 0.1) is 28.7 Å². The fraction of sp³-hybridized carbons (Fsp3) is 0.273. The average molecular weight is 310 g/mol. The van der Waals surface area contributed by atoms with Crippen LogP contribution in [0.3, 0.4) is 0 Å². The molecular formula is C11H11Cl3N2O2. The number of fused-ring (bicyclic) bond motifs is 2. The van der Waals surface area contributed by atoms with Gasteiger partial charge in [-0.25, -0.2) is 4.99 Å². The Bertz CT molecular complexity index is 531. The Labute approximate surface area is 120 Å². The highest BCUT2D eigenvalue weighted by Crippen LogP contribution is 2.37. The zero-order valence-electron chi connectivity index (χ0n) is 9.24. The Balaban J connectivity index is 0.000000810. The molecule has 0 saturated carbocycles. The quantitative estimate of drug-likeness (QED) is 0.738. The number of amidine groups is 1. The molecule has 1 aromatic carbocycles. The maximum atomic E-state index is 11.3. The third-order valence-electron chi connectivity index (χ3n) is 2.86. The first kappa shape index (κ1) is 15.2. The van der Waals surface area contributed by atoms with E-state index in [4.69, 9.17) is 23.2 Å². The summed E-state index contributed by atoms with van der Waals surface area (Å²) in [5.74, 6) is 1.05. The van der Waals surface area contributed by atoms with Gasteiger partial charge in [0.1, 0.15) is 5.84 Å². The fourth-order valence-corrected chi connectivity index (χ4v) is 2.47. The lowest BCUT2D eigenvalue weighted by molar-refractivity contribution is -0.116. The number of ketones is 1. The summed E-state index contributed by atoms with van der Waals surface area (Å²) in [6.45, 7) is 1.06. The van der Waals surface area contributed by atoms with E-state index in [0.29, 0.717) is 29.6 Å². The van der Waals surface area contributed by atoms with Crippen LogP contribution in [0.15, 0.2) is 17.1 Å². The molecule has 0 amide bonds. The van der Waals surface area contributed by atoms with Gasteiger partial charge in [-0.05, 0) is 12.1 Å². The molecule has 18 heavy (non-hydrogen) atoms. The molecule has 0 atom stereocenters. The molecule has 1 saturated heterocycles. The van der Waals surface area contributed by atoms with Crippen molar-refractivity contribution in [3.05, 3.63) is 27.7 Å². The summed E-state index contributed by atoms with van der Waals surface area (Å²) in [6.07, 6.45) is 0.430. The third kappa shape index (κ3) is 2.34. The van der Waals surface area contributed by atoms with E-state index in [9.17, 15) is 4.79 Å². The molecule has 2 heterocycles. The van der Waals surface area contributed by atoms with Crippen molar-refractivity contribution in [1.82, 2.24) is 4.90 Å². The van der Waals surface area contributed by atoms with Crippen LogP contribution in [0.4, 0.5) is 5.69 Å². The second-order valence-electron chi connectivity index (χ2n) is 3.96. The summed E-state index contributed by atoms with van der Waals surface area (Å²) in [4.78, 5) is 17.7. The maximum Gasteiger partial charge on any atom is 0.159 e.